The average molecular weight is 309 g/mol. The maximum atomic E-state index is 13.6. The predicted molar refractivity (Wildman–Crippen MR) is 78.7 cm³/mol. The monoisotopic (exact) mass is 309 g/mol. The third kappa shape index (κ3) is 4.32. The van der Waals surface area contributed by atoms with Gasteiger partial charge in [-0.05, 0) is 24.5 Å². The Morgan fingerprint density at radius 3 is 2.32 bits per heavy atom. The minimum absolute atomic E-state index is 0.0601. The molecule has 0 aliphatic carbocycles. The van der Waals surface area contributed by atoms with Crippen LogP contribution in [0.25, 0.3) is 0 Å². The van der Waals surface area contributed by atoms with Crippen LogP contribution in [0.2, 0.25) is 0 Å². The number of aliphatic hydroxyl groups is 1. The van der Waals surface area contributed by atoms with Crippen LogP contribution in [-0.4, -0.2) is 11.7 Å². The molecule has 0 saturated carbocycles. The molecule has 0 aromatic heterocycles. The Balaban J connectivity index is 2.10. The summed E-state index contributed by atoms with van der Waals surface area (Å²) in [6.07, 6.45) is 1.25. The van der Waals surface area contributed by atoms with Crippen molar-refractivity contribution in [2.45, 2.75) is 25.4 Å². The molecule has 0 fully saturated rings. The van der Waals surface area contributed by atoms with Crippen LogP contribution in [0.3, 0.4) is 0 Å². The molecule has 2 nitrogen and oxygen atoms in total. The molecule has 0 aliphatic heterocycles. The highest BCUT2D eigenvalue weighted by Gasteiger charge is 2.14. The quantitative estimate of drug-likeness (QED) is 0.764. The van der Waals surface area contributed by atoms with Crippen molar-refractivity contribution >= 4 is 0 Å². The minimum atomic E-state index is -1.19. The molecule has 22 heavy (non-hydrogen) atoms. The number of aliphatic hydroxyl groups excluding tert-OH is 1. The molecule has 0 saturated heterocycles. The van der Waals surface area contributed by atoms with E-state index >= 15 is 0 Å². The molecular formula is C17H18F3NO. The summed E-state index contributed by atoms with van der Waals surface area (Å²) in [7, 11) is 0. The Morgan fingerprint density at radius 1 is 0.955 bits per heavy atom. The van der Waals surface area contributed by atoms with E-state index in [-0.39, 0.29) is 24.8 Å². The van der Waals surface area contributed by atoms with Crippen LogP contribution in [0, 0.1) is 17.5 Å². The van der Waals surface area contributed by atoms with E-state index in [0.717, 1.165) is 11.6 Å². The number of hydrogen-bond donors (Lipinski definition) is 2. The fraction of sp³-hybridized carbons (Fsp3) is 0.294. The zero-order valence-electron chi connectivity index (χ0n) is 12.0. The van der Waals surface area contributed by atoms with Crippen LogP contribution in [0.15, 0.2) is 42.5 Å². The number of benzene rings is 2. The highest BCUT2D eigenvalue weighted by molar-refractivity contribution is 5.22. The summed E-state index contributed by atoms with van der Waals surface area (Å²) in [5.41, 5.74) is 1.07. The Labute approximate surface area is 127 Å². The van der Waals surface area contributed by atoms with Crippen molar-refractivity contribution in [1.82, 2.24) is 5.32 Å². The summed E-state index contributed by atoms with van der Waals surface area (Å²) in [6.45, 7) is 0.137. The molecule has 0 heterocycles. The largest absolute Gasteiger partial charge is 0.396 e. The zero-order valence-corrected chi connectivity index (χ0v) is 12.0. The standard InChI is InChI=1S/C17H18F3NO/c18-14-10-16(20)15(19)9-13(14)11-21-17(7-4-8-22)12-5-2-1-3-6-12/h1-3,5-6,9-10,17,21-22H,4,7-8,11H2. The van der Waals surface area contributed by atoms with Crippen molar-refractivity contribution in [2.75, 3.05) is 6.61 Å². The van der Waals surface area contributed by atoms with Crippen LogP contribution in [0.1, 0.15) is 30.0 Å². The molecule has 1 atom stereocenters. The number of hydrogen-bond acceptors (Lipinski definition) is 2. The number of nitrogens with one attached hydrogen (secondary N) is 1. The molecule has 1 unspecified atom stereocenters. The van der Waals surface area contributed by atoms with E-state index in [9.17, 15) is 13.2 Å². The minimum Gasteiger partial charge on any atom is -0.396 e. The van der Waals surface area contributed by atoms with Gasteiger partial charge in [0.25, 0.3) is 0 Å². The second-order valence-corrected chi connectivity index (χ2v) is 5.07. The van der Waals surface area contributed by atoms with E-state index < -0.39 is 17.5 Å². The molecule has 2 aromatic carbocycles. The second-order valence-electron chi connectivity index (χ2n) is 5.07. The summed E-state index contributed by atoms with van der Waals surface area (Å²) >= 11 is 0. The van der Waals surface area contributed by atoms with Crippen molar-refractivity contribution in [3.05, 3.63) is 71.0 Å². The molecule has 0 aliphatic rings. The van der Waals surface area contributed by atoms with Crippen molar-refractivity contribution in [1.29, 1.82) is 0 Å². The van der Waals surface area contributed by atoms with Crippen LogP contribution in [-0.2, 0) is 6.54 Å². The first-order valence-corrected chi connectivity index (χ1v) is 7.14. The maximum Gasteiger partial charge on any atom is 0.161 e. The molecular weight excluding hydrogens is 291 g/mol. The molecule has 2 aromatic rings. The third-order valence-corrected chi connectivity index (χ3v) is 3.48. The molecule has 0 spiro atoms. The van der Waals surface area contributed by atoms with E-state index in [2.05, 4.69) is 5.32 Å². The lowest BCUT2D eigenvalue weighted by molar-refractivity contribution is 0.274. The lowest BCUT2D eigenvalue weighted by Crippen LogP contribution is -2.22. The lowest BCUT2D eigenvalue weighted by Gasteiger charge is -2.19. The highest BCUT2D eigenvalue weighted by Crippen LogP contribution is 2.20. The van der Waals surface area contributed by atoms with E-state index in [4.69, 9.17) is 5.11 Å². The lowest BCUT2D eigenvalue weighted by atomic mass is 10.0. The van der Waals surface area contributed by atoms with Crippen molar-refractivity contribution in [2.24, 2.45) is 0 Å². The van der Waals surface area contributed by atoms with Crippen LogP contribution in [0.5, 0.6) is 0 Å². The Kier molecular flexibility index (Phi) is 5.98. The van der Waals surface area contributed by atoms with Crippen LogP contribution < -0.4 is 5.32 Å². The Hall–Kier alpha value is -1.85. The Morgan fingerprint density at radius 2 is 1.64 bits per heavy atom. The summed E-state index contributed by atoms with van der Waals surface area (Å²) in [4.78, 5) is 0. The Bertz CT molecular complexity index is 604. The van der Waals surface area contributed by atoms with Gasteiger partial charge in [-0.2, -0.15) is 0 Å². The number of rotatable bonds is 7. The van der Waals surface area contributed by atoms with Crippen molar-refractivity contribution < 1.29 is 18.3 Å². The SMILES string of the molecule is OCCCC(NCc1cc(F)c(F)cc1F)c1ccccc1. The van der Waals surface area contributed by atoms with Gasteiger partial charge in [0.05, 0.1) is 0 Å². The molecule has 2 N–H and O–H groups in total. The van der Waals surface area contributed by atoms with Gasteiger partial charge in [-0.25, -0.2) is 13.2 Å². The third-order valence-electron chi connectivity index (χ3n) is 3.48. The molecule has 2 rings (SSSR count). The predicted octanol–water partition coefficient (Wildman–Crippen LogP) is 3.71. The zero-order chi connectivity index (χ0) is 15.9. The van der Waals surface area contributed by atoms with Crippen LogP contribution in [0.4, 0.5) is 13.2 Å². The normalized spacial score (nSPS) is 12.4. The maximum absolute atomic E-state index is 13.6. The van der Waals surface area contributed by atoms with Gasteiger partial charge in [0, 0.05) is 30.8 Å². The summed E-state index contributed by atoms with van der Waals surface area (Å²) in [6, 6.07) is 10.8. The van der Waals surface area contributed by atoms with Crippen molar-refractivity contribution in [3.8, 4) is 0 Å². The van der Waals surface area contributed by atoms with Gasteiger partial charge in [0.15, 0.2) is 11.6 Å². The summed E-state index contributed by atoms with van der Waals surface area (Å²) in [5.74, 6) is -3.04. The van der Waals surface area contributed by atoms with Crippen LogP contribution >= 0.6 is 0 Å². The fourth-order valence-corrected chi connectivity index (χ4v) is 2.30. The van der Waals surface area contributed by atoms with E-state index in [1.54, 1.807) is 0 Å². The van der Waals surface area contributed by atoms with Gasteiger partial charge in [-0.1, -0.05) is 30.3 Å². The van der Waals surface area contributed by atoms with E-state index in [1.807, 2.05) is 30.3 Å². The van der Waals surface area contributed by atoms with Crippen molar-refractivity contribution in [3.63, 3.8) is 0 Å². The first-order valence-electron chi connectivity index (χ1n) is 7.14. The van der Waals surface area contributed by atoms with E-state index in [1.165, 1.54) is 0 Å². The molecule has 5 heteroatoms. The fourth-order valence-electron chi connectivity index (χ4n) is 2.30. The molecule has 0 amide bonds. The smallest absolute Gasteiger partial charge is 0.161 e. The van der Waals surface area contributed by atoms with Gasteiger partial charge in [-0.3, -0.25) is 0 Å². The molecule has 0 radical (unpaired) electrons. The second kappa shape index (κ2) is 7.96. The van der Waals surface area contributed by atoms with E-state index in [0.29, 0.717) is 18.9 Å². The van der Waals surface area contributed by atoms with Gasteiger partial charge < -0.3 is 10.4 Å². The topological polar surface area (TPSA) is 32.3 Å². The summed E-state index contributed by atoms with van der Waals surface area (Å²) < 4.78 is 39.8. The average Bonchev–Trinajstić information content (AvgIpc) is 2.53. The first kappa shape index (κ1) is 16.5. The molecule has 0 bridgehead atoms. The van der Waals surface area contributed by atoms with Gasteiger partial charge >= 0.3 is 0 Å². The van der Waals surface area contributed by atoms with Gasteiger partial charge in [-0.15, -0.1) is 0 Å². The first-order chi connectivity index (χ1) is 10.6. The number of halogens is 3. The highest BCUT2D eigenvalue weighted by atomic mass is 19.2. The van der Waals surface area contributed by atoms with Gasteiger partial charge in [0.1, 0.15) is 5.82 Å². The summed E-state index contributed by atoms with van der Waals surface area (Å²) in [5, 5.41) is 12.1. The van der Waals surface area contributed by atoms with Gasteiger partial charge in [0.2, 0.25) is 0 Å². The molecule has 118 valence electrons.